The van der Waals surface area contributed by atoms with Crippen LogP contribution in [0.15, 0.2) is 23.1 Å². The molecular formula is C12H13F2NO2S. The van der Waals surface area contributed by atoms with Crippen molar-refractivity contribution in [1.82, 2.24) is 4.90 Å². The van der Waals surface area contributed by atoms with E-state index >= 15 is 0 Å². The third-order valence-electron chi connectivity index (χ3n) is 2.77. The molecule has 1 saturated heterocycles. The van der Waals surface area contributed by atoms with Gasteiger partial charge in [-0.3, -0.25) is 4.79 Å². The van der Waals surface area contributed by atoms with Gasteiger partial charge in [0.05, 0.1) is 11.9 Å². The molecular weight excluding hydrogens is 260 g/mol. The third kappa shape index (κ3) is 3.20. The molecule has 1 heterocycles. The van der Waals surface area contributed by atoms with Crippen LogP contribution in [0.4, 0.5) is 8.78 Å². The lowest BCUT2D eigenvalue weighted by atomic mass is 10.3. The van der Waals surface area contributed by atoms with Crippen LogP contribution in [0.25, 0.3) is 0 Å². The Morgan fingerprint density at radius 1 is 1.44 bits per heavy atom. The lowest BCUT2D eigenvalue weighted by molar-refractivity contribution is -0.127. The van der Waals surface area contributed by atoms with Crippen molar-refractivity contribution in [3.05, 3.63) is 29.8 Å². The van der Waals surface area contributed by atoms with E-state index in [1.165, 1.54) is 6.07 Å². The van der Waals surface area contributed by atoms with E-state index < -0.39 is 17.7 Å². The number of amides is 1. The van der Waals surface area contributed by atoms with Gasteiger partial charge in [-0.15, -0.1) is 11.8 Å². The normalized spacial score (nSPS) is 19.3. The zero-order chi connectivity index (χ0) is 13.1. The van der Waals surface area contributed by atoms with Crippen LogP contribution in [0.3, 0.4) is 0 Å². The smallest absolute Gasteiger partial charge is 0.233 e. The van der Waals surface area contributed by atoms with Crippen molar-refractivity contribution >= 4 is 17.7 Å². The minimum atomic E-state index is -0.913. The Balaban J connectivity index is 1.87. The predicted octanol–water partition coefficient (Wildman–Crippen LogP) is 1.65. The van der Waals surface area contributed by atoms with Crippen LogP contribution in [0.1, 0.15) is 6.42 Å². The molecule has 0 unspecified atom stereocenters. The molecule has 1 amide bonds. The Bertz CT molecular complexity index is 456. The number of benzene rings is 1. The Kier molecular flexibility index (Phi) is 4.19. The van der Waals surface area contributed by atoms with Crippen LogP contribution in [-0.2, 0) is 4.79 Å². The summed E-state index contributed by atoms with van der Waals surface area (Å²) in [5.74, 6) is -1.74. The highest BCUT2D eigenvalue weighted by Gasteiger charge is 2.24. The quantitative estimate of drug-likeness (QED) is 0.851. The van der Waals surface area contributed by atoms with E-state index in [4.69, 9.17) is 0 Å². The molecule has 0 aliphatic carbocycles. The Morgan fingerprint density at radius 3 is 2.83 bits per heavy atom. The highest BCUT2D eigenvalue weighted by molar-refractivity contribution is 8.00. The summed E-state index contributed by atoms with van der Waals surface area (Å²) in [5, 5.41) is 9.31. The maximum Gasteiger partial charge on any atom is 0.233 e. The van der Waals surface area contributed by atoms with E-state index in [0.717, 1.165) is 23.9 Å². The van der Waals surface area contributed by atoms with Crippen molar-refractivity contribution in [3.8, 4) is 0 Å². The molecule has 0 spiro atoms. The van der Waals surface area contributed by atoms with Gasteiger partial charge in [-0.05, 0) is 24.6 Å². The number of carbonyl (C=O) groups is 1. The summed E-state index contributed by atoms with van der Waals surface area (Å²) in [6.45, 7) is 0.912. The van der Waals surface area contributed by atoms with Gasteiger partial charge in [0.15, 0.2) is 11.6 Å². The van der Waals surface area contributed by atoms with Crippen molar-refractivity contribution in [2.75, 3.05) is 18.8 Å². The average molecular weight is 273 g/mol. The molecule has 1 fully saturated rings. The van der Waals surface area contributed by atoms with Crippen molar-refractivity contribution in [2.24, 2.45) is 0 Å². The second-order valence-corrected chi connectivity index (χ2v) is 5.20. The first-order chi connectivity index (χ1) is 8.56. The molecule has 0 bridgehead atoms. The number of nitrogens with zero attached hydrogens (tertiary/aromatic N) is 1. The van der Waals surface area contributed by atoms with Gasteiger partial charge < -0.3 is 10.0 Å². The van der Waals surface area contributed by atoms with Gasteiger partial charge in [-0.1, -0.05) is 0 Å². The van der Waals surface area contributed by atoms with Crippen LogP contribution in [-0.4, -0.2) is 40.9 Å². The standard InChI is InChI=1S/C12H13F2NO2S/c13-10-2-1-9(5-11(10)14)18-7-12(17)15-4-3-8(16)6-15/h1-2,5,8,16H,3-4,6-7H2/t8-/m0/s1. The number of halogens is 2. The molecule has 0 saturated carbocycles. The molecule has 1 atom stereocenters. The van der Waals surface area contributed by atoms with E-state index in [0.29, 0.717) is 24.4 Å². The van der Waals surface area contributed by atoms with E-state index in [2.05, 4.69) is 0 Å². The van der Waals surface area contributed by atoms with Gasteiger partial charge in [-0.25, -0.2) is 8.78 Å². The van der Waals surface area contributed by atoms with Crippen LogP contribution in [0.2, 0.25) is 0 Å². The maximum absolute atomic E-state index is 12.9. The van der Waals surface area contributed by atoms with Crippen molar-refractivity contribution in [3.63, 3.8) is 0 Å². The first kappa shape index (κ1) is 13.3. The zero-order valence-corrected chi connectivity index (χ0v) is 10.4. The molecule has 1 aromatic rings. The van der Waals surface area contributed by atoms with Crippen LogP contribution < -0.4 is 0 Å². The molecule has 1 aliphatic heterocycles. The molecule has 1 N–H and O–H groups in total. The highest BCUT2D eigenvalue weighted by Crippen LogP contribution is 2.21. The SMILES string of the molecule is O=C(CSc1ccc(F)c(F)c1)N1CC[C@H](O)C1. The summed E-state index contributed by atoms with van der Waals surface area (Å²) < 4.78 is 25.6. The summed E-state index contributed by atoms with van der Waals surface area (Å²) in [7, 11) is 0. The van der Waals surface area contributed by atoms with Gasteiger partial charge in [0.1, 0.15) is 0 Å². The Hall–Kier alpha value is -1.14. The van der Waals surface area contributed by atoms with E-state index in [-0.39, 0.29) is 11.7 Å². The topological polar surface area (TPSA) is 40.5 Å². The Labute approximate surface area is 108 Å². The van der Waals surface area contributed by atoms with Crippen LogP contribution >= 0.6 is 11.8 Å². The summed E-state index contributed by atoms with van der Waals surface area (Å²) in [6.07, 6.45) is 0.156. The number of aliphatic hydroxyl groups is 1. The molecule has 18 heavy (non-hydrogen) atoms. The number of aliphatic hydroxyl groups excluding tert-OH is 1. The number of likely N-dealkylation sites (tertiary alicyclic amines) is 1. The monoisotopic (exact) mass is 273 g/mol. The number of carbonyl (C=O) groups excluding carboxylic acids is 1. The van der Waals surface area contributed by atoms with Gasteiger partial charge in [-0.2, -0.15) is 0 Å². The first-order valence-electron chi connectivity index (χ1n) is 5.60. The van der Waals surface area contributed by atoms with Gasteiger partial charge in [0.25, 0.3) is 0 Å². The highest BCUT2D eigenvalue weighted by atomic mass is 32.2. The molecule has 0 radical (unpaired) electrons. The molecule has 0 aromatic heterocycles. The molecule has 3 nitrogen and oxygen atoms in total. The molecule has 6 heteroatoms. The maximum atomic E-state index is 12.9. The third-order valence-corrected chi connectivity index (χ3v) is 3.75. The number of β-amino-alcohol motifs (C(OH)–C–C–N with tert-alkyl or cyclic N) is 1. The molecule has 1 aromatic carbocycles. The van der Waals surface area contributed by atoms with Crippen molar-refractivity contribution < 1.29 is 18.7 Å². The van der Waals surface area contributed by atoms with Gasteiger partial charge in [0, 0.05) is 18.0 Å². The van der Waals surface area contributed by atoms with Gasteiger partial charge in [0.2, 0.25) is 5.91 Å². The van der Waals surface area contributed by atoms with E-state index in [1.54, 1.807) is 4.90 Å². The largest absolute Gasteiger partial charge is 0.391 e. The molecule has 2 rings (SSSR count). The number of thioether (sulfide) groups is 1. The van der Waals surface area contributed by atoms with Gasteiger partial charge >= 0.3 is 0 Å². The number of hydrogen-bond acceptors (Lipinski definition) is 3. The minimum Gasteiger partial charge on any atom is -0.391 e. The minimum absolute atomic E-state index is 0.0960. The molecule has 98 valence electrons. The van der Waals surface area contributed by atoms with Crippen LogP contribution in [0.5, 0.6) is 0 Å². The summed E-state index contributed by atoms with van der Waals surface area (Å²) in [4.78, 5) is 13.8. The predicted molar refractivity (Wildman–Crippen MR) is 64.3 cm³/mol. The molecule has 1 aliphatic rings. The van der Waals surface area contributed by atoms with Crippen molar-refractivity contribution in [1.29, 1.82) is 0 Å². The lowest BCUT2D eigenvalue weighted by Gasteiger charge is -2.14. The Morgan fingerprint density at radius 2 is 2.22 bits per heavy atom. The average Bonchev–Trinajstić information content (AvgIpc) is 2.77. The van der Waals surface area contributed by atoms with Crippen molar-refractivity contribution in [2.45, 2.75) is 17.4 Å². The zero-order valence-electron chi connectivity index (χ0n) is 9.60. The summed E-state index contributed by atoms with van der Waals surface area (Å²) >= 11 is 1.16. The summed E-state index contributed by atoms with van der Waals surface area (Å²) in [5.41, 5.74) is 0. The fraction of sp³-hybridized carbons (Fsp3) is 0.417. The first-order valence-corrected chi connectivity index (χ1v) is 6.58. The second kappa shape index (κ2) is 5.67. The number of rotatable bonds is 3. The fourth-order valence-corrected chi connectivity index (χ4v) is 2.60. The summed E-state index contributed by atoms with van der Waals surface area (Å²) in [6, 6.07) is 3.56. The second-order valence-electron chi connectivity index (χ2n) is 4.15. The van der Waals surface area contributed by atoms with Crippen LogP contribution in [0, 0.1) is 11.6 Å². The van der Waals surface area contributed by atoms with E-state index in [9.17, 15) is 18.7 Å². The van der Waals surface area contributed by atoms with E-state index in [1.807, 2.05) is 0 Å². The lowest BCUT2D eigenvalue weighted by Crippen LogP contribution is -2.30. The number of hydrogen-bond donors (Lipinski definition) is 1. The fourth-order valence-electron chi connectivity index (χ4n) is 1.77.